The van der Waals surface area contributed by atoms with Crippen LogP contribution >= 0.6 is 0 Å². The number of carbonyl (C=O) groups excluding carboxylic acids is 1. The number of hydrogen-bond donors (Lipinski definition) is 0. The quantitative estimate of drug-likeness (QED) is 0.488. The summed E-state index contributed by atoms with van der Waals surface area (Å²) in [6, 6.07) is 7.76. The van der Waals surface area contributed by atoms with Crippen LogP contribution in [0.15, 0.2) is 36.5 Å². The number of methoxy groups -OCH3 is 1. The van der Waals surface area contributed by atoms with Crippen LogP contribution in [0.25, 0.3) is 0 Å². The molecule has 0 aliphatic rings. The van der Waals surface area contributed by atoms with E-state index in [0.29, 0.717) is 16.9 Å². The van der Waals surface area contributed by atoms with Gasteiger partial charge in [-0.05, 0) is 31.2 Å². The Bertz CT molecular complexity index is 682. The average Bonchev–Trinajstić information content (AvgIpc) is 2.47. The van der Waals surface area contributed by atoms with Crippen molar-refractivity contribution in [2.24, 2.45) is 0 Å². The van der Waals surface area contributed by atoms with Gasteiger partial charge in [-0.25, -0.2) is 9.78 Å². The fraction of sp³-hybridized carbons (Fsp3) is 0.143. The Morgan fingerprint density at radius 1 is 1.29 bits per heavy atom. The molecule has 7 nitrogen and oxygen atoms in total. The van der Waals surface area contributed by atoms with Crippen molar-refractivity contribution < 1.29 is 19.2 Å². The number of aryl methyl sites for hydroxylation is 1. The SMILES string of the molecule is COC(=O)c1ccc(Oc2cc(C)c([N+](=O)[O-])cn2)cc1. The first-order chi connectivity index (χ1) is 10.0. The van der Waals surface area contributed by atoms with Gasteiger partial charge in [0, 0.05) is 11.6 Å². The van der Waals surface area contributed by atoms with E-state index in [4.69, 9.17) is 4.74 Å². The molecule has 0 aliphatic heterocycles. The van der Waals surface area contributed by atoms with Crippen LogP contribution in [0.5, 0.6) is 11.6 Å². The lowest BCUT2D eigenvalue weighted by Gasteiger charge is -2.06. The second-order valence-electron chi connectivity index (χ2n) is 4.18. The first kappa shape index (κ1) is 14.4. The van der Waals surface area contributed by atoms with E-state index in [9.17, 15) is 14.9 Å². The summed E-state index contributed by atoms with van der Waals surface area (Å²) >= 11 is 0. The van der Waals surface area contributed by atoms with Crippen LogP contribution in [0.1, 0.15) is 15.9 Å². The molecule has 0 fully saturated rings. The van der Waals surface area contributed by atoms with Gasteiger partial charge in [0.05, 0.1) is 17.6 Å². The number of hydrogen-bond acceptors (Lipinski definition) is 6. The van der Waals surface area contributed by atoms with Crippen LogP contribution in [-0.2, 0) is 4.74 Å². The molecule has 2 rings (SSSR count). The Labute approximate surface area is 120 Å². The summed E-state index contributed by atoms with van der Waals surface area (Å²) < 4.78 is 10.1. The highest BCUT2D eigenvalue weighted by atomic mass is 16.6. The first-order valence-corrected chi connectivity index (χ1v) is 5.98. The van der Waals surface area contributed by atoms with Crippen molar-refractivity contribution in [2.45, 2.75) is 6.92 Å². The highest BCUT2D eigenvalue weighted by Gasteiger charge is 2.12. The zero-order valence-electron chi connectivity index (χ0n) is 11.4. The lowest BCUT2D eigenvalue weighted by molar-refractivity contribution is -0.385. The number of pyridine rings is 1. The average molecular weight is 288 g/mol. The lowest BCUT2D eigenvalue weighted by Crippen LogP contribution is -2.00. The minimum atomic E-state index is -0.503. The predicted molar refractivity (Wildman–Crippen MR) is 73.5 cm³/mol. The highest BCUT2D eigenvalue weighted by Crippen LogP contribution is 2.24. The van der Waals surface area contributed by atoms with Crippen molar-refractivity contribution in [1.82, 2.24) is 4.98 Å². The maximum absolute atomic E-state index is 11.3. The van der Waals surface area contributed by atoms with Crippen molar-refractivity contribution in [1.29, 1.82) is 0 Å². The molecule has 0 radical (unpaired) electrons. The van der Waals surface area contributed by atoms with E-state index in [1.165, 1.54) is 13.2 Å². The Kier molecular flexibility index (Phi) is 4.13. The number of esters is 1. The first-order valence-electron chi connectivity index (χ1n) is 5.98. The van der Waals surface area contributed by atoms with E-state index in [2.05, 4.69) is 9.72 Å². The van der Waals surface area contributed by atoms with Gasteiger partial charge in [0.15, 0.2) is 0 Å². The number of nitrogens with zero attached hydrogens (tertiary/aromatic N) is 2. The molecule has 0 aliphatic carbocycles. The van der Waals surface area contributed by atoms with Crippen LogP contribution in [0.3, 0.4) is 0 Å². The largest absolute Gasteiger partial charge is 0.465 e. The van der Waals surface area contributed by atoms with Gasteiger partial charge in [-0.3, -0.25) is 10.1 Å². The third-order valence-electron chi connectivity index (χ3n) is 2.75. The van der Waals surface area contributed by atoms with Crippen LogP contribution in [0.2, 0.25) is 0 Å². The smallest absolute Gasteiger partial charge is 0.337 e. The van der Waals surface area contributed by atoms with Gasteiger partial charge in [0.2, 0.25) is 5.88 Å². The number of carbonyl (C=O) groups is 1. The summed E-state index contributed by atoms with van der Waals surface area (Å²) in [6.07, 6.45) is 1.15. The van der Waals surface area contributed by atoms with Crippen LogP contribution in [-0.4, -0.2) is 23.0 Å². The Morgan fingerprint density at radius 3 is 2.48 bits per heavy atom. The fourth-order valence-corrected chi connectivity index (χ4v) is 1.67. The molecule has 0 saturated carbocycles. The summed E-state index contributed by atoms with van der Waals surface area (Å²) in [6.45, 7) is 1.60. The Morgan fingerprint density at radius 2 is 1.95 bits per heavy atom. The molecular weight excluding hydrogens is 276 g/mol. The van der Waals surface area contributed by atoms with Crippen LogP contribution in [0, 0.1) is 17.0 Å². The van der Waals surface area contributed by atoms with E-state index in [0.717, 1.165) is 6.20 Å². The molecular formula is C14H12N2O5. The molecule has 21 heavy (non-hydrogen) atoms. The second kappa shape index (κ2) is 6.00. The van der Waals surface area contributed by atoms with Crippen molar-refractivity contribution in [3.8, 4) is 11.6 Å². The van der Waals surface area contributed by atoms with Crippen molar-refractivity contribution >= 4 is 11.7 Å². The maximum atomic E-state index is 11.3. The molecule has 0 atom stereocenters. The second-order valence-corrected chi connectivity index (χ2v) is 4.18. The summed E-state index contributed by atoms with van der Waals surface area (Å²) in [5.74, 6) is 0.262. The van der Waals surface area contributed by atoms with Gasteiger partial charge in [-0.15, -0.1) is 0 Å². The number of benzene rings is 1. The monoisotopic (exact) mass is 288 g/mol. The maximum Gasteiger partial charge on any atom is 0.337 e. The van der Waals surface area contributed by atoms with E-state index in [1.807, 2.05) is 0 Å². The molecule has 7 heteroatoms. The zero-order valence-corrected chi connectivity index (χ0v) is 11.4. The van der Waals surface area contributed by atoms with Gasteiger partial charge in [0.1, 0.15) is 11.9 Å². The molecule has 0 N–H and O–H groups in total. The topological polar surface area (TPSA) is 91.6 Å². The van der Waals surface area contributed by atoms with E-state index in [1.54, 1.807) is 31.2 Å². The van der Waals surface area contributed by atoms with Gasteiger partial charge >= 0.3 is 5.97 Å². The summed E-state index contributed by atoms with van der Waals surface area (Å²) in [4.78, 5) is 25.4. The van der Waals surface area contributed by atoms with Crippen LogP contribution in [0.4, 0.5) is 5.69 Å². The summed E-state index contributed by atoms with van der Waals surface area (Å²) in [5.41, 5.74) is 0.789. The van der Waals surface area contributed by atoms with Gasteiger partial charge in [0.25, 0.3) is 5.69 Å². The van der Waals surface area contributed by atoms with E-state index < -0.39 is 10.9 Å². The van der Waals surface area contributed by atoms with Crippen LogP contribution < -0.4 is 4.74 Å². The Hall–Kier alpha value is -2.96. The molecule has 0 spiro atoms. The predicted octanol–water partition coefficient (Wildman–Crippen LogP) is 2.88. The Balaban J connectivity index is 2.17. The normalized spacial score (nSPS) is 10.0. The molecule has 0 amide bonds. The summed E-state index contributed by atoms with van der Waals surface area (Å²) in [5, 5.41) is 10.7. The lowest BCUT2D eigenvalue weighted by atomic mass is 10.2. The molecule has 1 aromatic carbocycles. The molecule has 108 valence electrons. The minimum Gasteiger partial charge on any atom is -0.465 e. The minimum absolute atomic E-state index is 0.0663. The molecule has 2 aromatic rings. The van der Waals surface area contributed by atoms with Gasteiger partial charge in [-0.1, -0.05) is 0 Å². The molecule has 0 unspecified atom stereocenters. The number of ether oxygens (including phenoxy) is 2. The van der Waals surface area contributed by atoms with E-state index >= 15 is 0 Å². The number of rotatable bonds is 4. The van der Waals surface area contributed by atoms with E-state index in [-0.39, 0.29) is 11.6 Å². The van der Waals surface area contributed by atoms with Gasteiger partial charge < -0.3 is 9.47 Å². The zero-order chi connectivity index (χ0) is 15.4. The molecule has 1 heterocycles. The highest BCUT2D eigenvalue weighted by molar-refractivity contribution is 5.89. The van der Waals surface area contributed by atoms with Crippen molar-refractivity contribution in [2.75, 3.05) is 7.11 Å². The summed E-state index contributed by atoms with van der Waals surface area (Å²) in [7, 11) is 1.30. The standard InChI is InChI=1S/C14H12N2O5/c1-9-7-13(15-8-12(9)16(18)19)21-11-5-3-10(4-6-11)14(17)20-2/h3-8H,1-2H3. The number of aromatic nitrogens is 1. The molecule has 0 saturated heterocycles. The van der Waals surface area contributed by atoms with Gasteiger partial charge in [-0.2, -0.15) is 0 Å². The molecule has 1 aromatic heterocycles. The van der Waals surface area contributed by atoms with Crippen molar-refractivity contribution in [3.63, 3.8) is 0 Å². The fourth-order valence-electron chi connectivity index (χ4n) is 1.67. The third-order valence-corrected chi connectivity index (χ3v) is 2.75. The number of nitro groups is 1. The van der Waals surface area contributed by atoms with Crippen molar-refractivity contribution in [3.05, 3.63) is 57.8 Å². The molecule has 0 bridgehead atoms. The third kappa shape index (κ3) is 3.33.